The average Bonchev–Trinajstić information content (AvgIpc) is 2.67. The Bertz CT molecular complexity index is 1100. The molecule has 2 amide bonds. The highest BCUT2D eigenvalue weighted by atomic mass is 35.5. The molecule has 2 aromatic carbocycles. The number of allylic oxidation sites excluding steroid dienone is 4. The van der Waals surface area contributed by atoms with Crippen LogP contribution in [-0.4, -0.2) is 18.0 Å². The van der Waals surface area contributed by atoms with Gasteiger partial charge in [-0.05, 0) is 43.2 Å². The standard InChI is InChI=1S/C22H19Cl2N3O2/c1-12-17(11-25)21(15-9-8-14(23)10-18(15)24)20(13(2)27(12)22(26)28)16-6-4-5-7-19(16)29-3/h4-10,21H,1-3H3,(H2,26,28). The van der Waals surface area contributed by atoms with Gasteiger partial charge in [-0.2, -0.15) is 5.26 Å². The molecule has 7 heteroatoms. The van der Waals surface area contributed by atoms with Crippen LogP contribution in [0.2, 0.25) is 10.0 Å². The molecule has 0 fully saturated rings. The molecule has 1 aliphatic heterocycles. The minimum atomic E-state index is -0.666. The van der Waals surface area contributed by atoms with Gasteiger partial charge in [0.25, 0.3) is 0 Å². The maximum atomic E-state index is 12.2. The van der Waals surface area contributed by atoms with Crippen molar-refractivity contribution in [2.45, 2.75) is 19.8 Å². The van der Waals surface area contributed by atoms with E-state index in [1.807, 2.05) is 24.3 Å². The lowest BCUT2D eigenvalue weighted by molar-refractivity contribution is 0.229. The van der Waals surface area contributed by atoms with Gasteiger partial charge in [-0.25, -0.2) is 4.79 Å². The summed E-state index contributed by atoms with van der Waals surface area (Å²) in [6.07, 6.45) is 0. The molecule has 0 saturated heterocycles. The highest BCUT2D eigenvalue weighted by Crippen LogP contribution is 2.49. The number of carbonyl (C=O) groups excluding carboxylic acids is 1. The van der Waals surface area contributed by atoms with Crippen molar-refractivity contribution in [2.24, 2.45) is 5.73 Å². The maximum absolute atomic E-state index is 12.2. The molecule has 2 aromatic rings. The van der Waals surface area contributed by atoms with E-state index in [0.717, 1.165) is 5.56 Å². The fourth-order valence-corrected chi connectivity index (χ4v) is 4.31. The SMILES string of the molecule is COc1ccccc1C1=C(C)N(C(N)=O)C(C)=C(C#N)C1c1ccc(Cl)cc1Cl. The second-order valence-corrected chi connectivity index (χ2v) is 7.43. The van der Waals surface area contributed by atoms with Gasteiger partial charge < -0.3 is 10.5 Å². The summed E-state index contributed by atoms with van der Waals surface area (Å²) in [4.78, 5) is 13.6. The van der Waals surface area contributed by atoms with Gasteiger partial charge in [-0.15, -0.1) is 0 Å². The van der Waals surface area contributed by atoms with Crippen LogP contribution in [-0.2, 0) is 0 Å². The molecule has 3 rings (SSSR count). The largest absolute Gasteiger partial charge is 0.496 e. The number of primary amides is 1. The molecule has 1 heterocycles. The molecule has 2 N–H and O–H groups in total. The van der Waals surface area contributed by atoms with Crippen LogP contribution >= 0.6 is 23.2 Å². The number of halogens is 2. The summed E-state index contributed by atoms with van der Waals surface area (Å²) in [5.41, 5.74) is 9.26. The van der Waals surface area contributed by atoms with Crippen LogP contribution in [0.15, 0.2) is 59.4 Å². The number of nitriles is 1. The molecule has 5 nitrogen and oxygen atoms in total. The Morgan fingerprint density at radius 2 is 1.86 bits per heavy atom. The quantitative estimate of drug-likeness (QED) is 0.680. The number of nitrogens with two attached hydrogens (primary N) is 1. The lowest BCUT2D eigenvalue weighted by Gasteiger charge is -2.36. The topological polar surface area (TPSA) is 79.3 Å². The van der Waals surface area contributed by atoms with E-state index in [-0.39, 0.29) is 0 Å². The van der Waals surface area contributed by atoms with Crippen LogP contribution < -0.4 is 10.5 Å². The summed E-state index contributed by atoms with van der Waals surface area (Å²) in [5.74, 6) is 0.0925. The van der Waals surface area contributed by atoms with E-state index in [0.29, 0.717) is 43.9 Å². The molecule has 29 heavy (non-hydrogen) atoms. The van der Waals surface area contributed by atoms with Gasteiger partial charge in [-0.3, -0.25) is 4.90 Å². The zero-order valence-electron chi connectivity index (χ0n) is 16.2. The summed E-state index contributed by atoms with van der Waals surface area (Å²) in [6.45, 7) is 3.49. The third kappa shape index (κ3) is 3.57. The van der Waals surface area contributed by atoms with Gasteiger partial charge in [0.2, 0.25) is 0 Å². The first-order valence-corrected chi connectivity index (χ1v) is 9.56. The summed E-state index contributed by atoms with van der Waals surface area (Å²) in [7, 11) is 1.57. The molecule has 148 valence electrons. The van der Waals surface area contributed by atoms with Crippen LogP contribution in [0.5, 0.6) is 5.75 Å². The van der Waals surface area contributed by atoms with Gasteiger partial charge in [0.05, 0.1) is 18.8 Å². The third-order valence-electron chi connectivity index (χ3n) is 5.04. The predicted octanol–water partition coefficient (Wildman–Crippen LogP) is 5.71. The number of ether oxygens (including phenoxy) is 1. The number of hydrogen-bond donors (Lipinski definition) is 1. The Balaban J connectivity index is 2.41. The summed E-state index contributed by atoms with van der Waals surface area (Å²) in [5, 5.41) is 10.9. The lowest BCUT2D eigenvalue weighted by Crippen LogP contribution is -2.37. The first-order chi connectivity index (χ1) is 13.8. The summed E-state index contributed by atoms with van der Waals surface area (Å²) >= 11 is 12.6. The minimum absolute atomic E-state index is 0.375. The van der Waals surface area contributed by atoms with E-state index in [4.69, 9.17) is 33.7 Å². The zero-order chi connectivity index (χ0) is 21.3. The maximum Gasteiger partial charge on any atom is 0.323 e. The molecule has 0 aromatic heterocycles. The molecule has 0 spiro atoms. The van der Waals surface area contributed by atoms with E-state index < -0.39 is 11.9 Å². The molecule has 0 saturated carbocycles. The average molecular weight is 428 g/mol. The molecule has 1 aliphatic rings. The van der Waals surface area contributed by atoms with Crippen molar-refractivity contribution in [3.8, 4) is 11.8 Å². The highest BCUT2D eigenvalue weighted by Gasteiger charge is 2.37. The van der Waals surface area contributed by atoms with Crippen LogP contribution in [0.4, 0.5) is 4.79 Å². The van der Waals surface area contributed by atoms with E-state index in [9.17, 15) is 10.1 Å². The fourth-order valence-electron chi connectivity index (χ4n) is 3.79. The van der Waals surface area contributed by atoms with Crippen LogP contribution in [0.1, 0.15) is 30.9 Å². The molecular formula is C22H19Cl2N3O2. The fraction of sp³-hybridized carbons (Fsp3) is 0.182. The zero-order valence-corrected chi connectivity index (χ0v) is 17.7. The van der Waals surface area contributed by atoms with Gasteiger partial charge in [-0.1, -0.05) is 47.5 Å². The molecule has 0 aliphatic carbocycles. The number of hydrogen-bond acceptors (Lipinski definition) is 3. The minimum Gasteiger partial charge on any atom is -0.496 e. The Kier molecular flexibility index (Phi) is 5.88. The van der Waals surface area contributed by atoms with Crippen molar-refractivity contribution in [1.82, 2.24) is 4.90 Å². The summed E-state index contributed by atoms with van der Waals surface area (Å²) < 4.78 is 5.55. The molecule has 1 unspecified atom stereocenters. The highest BCUT2D eigenvalue weighted by molar-refractivity contribution is 6.35. The lowest BCUT2D eigenvalue weighted by atomic mass is 9.77. The normalized spacial score (nSPS) is 16.7. The monoisotopic (exact) mass is 427 g/mol. The number of carbonyl (C=O) groups is 1. The molecule has 1 atom stereocenters. The number of urea groups is 1. The van der Waals surface area contributed by atoms with Crippen molar-refractivity contribution in [1.29, 1.82) is 5.26 Å². The number of para-hydroxylation sites is 1. The first-order valence-electron chi connectivity index (χ1n) is 8.81. The van der Waals surface area contributed by atoms with Gasteiger partial charge in [0.15, 0.2) is 0 Å². The molecule has 0 bridgehead atoms. The number of amides is 2. The van der Waals surface area contributed by atoms with Crippen molar-refractivity contribution in [3.63, 3.8) is 0 Å². The smallest absolute Gasteiger partial charge is 0.323 e. The van der Waals surface area contributed by atoms with Crippen LogP contribution in [0.3, 0.4) is 0 Å². The number of methoxy groups -OCH3 is 1. The van der Waals surface area contributed by atoms with Gasteiger partial charge in [0.1, 0.15) is 5.75 Å². The van der Waals surface area contributed by atoms with E-state index in [2.05, 4.69) is 6.07 Å². The summed E-state index contributed by atoms with van der Waals surface area (Å²) in [6, 6.07) is 14.2. The molecular weight excluding hydrogens is 409 g/mol. The Labute approximate surface area is 179 Å². The second-order valence-electron chi connectivity index (χ2n) is 6.58. The Hall–Kier alpha value is -2.94. The van der Waals surface area contributed by atoms with Gasteiger partial charge >= 0.3 is 6.03 Å². The molecule has 0 radical (unpaired) electrons. The van der Waals surface area contributed by atoms with E-state index >= 15 is 0 Å². The third-order valence-corrected chi connectivity index (χ3v) is 5.60. The predicted molar refractivity (Wildman–Crippen MR) is 115 cm³/mol. The van der Waals surface area contributed by atoms with Crippen LogP contribution in [0.25, 0.3) is 5.57 Å². The first kappa shape index (κ1) is 20.8. The van der Waals surface area contributed by atoms with Crippen molar-refractivity contribution in [3.05, 3.63) is 80.6 Å². The number of benzene rings is 2. The van der Waals surface area contributed by atoms with E-state index in [1.165, 1.54) is 4.90 Å². The number of rotatable bonds is 3. The van der Waals surface area contributed by atoms with Crippen molar-refractivity contribution in [2.75, 3.05) is 7.11 Å². The van der Waals surface area contributed by atoms with Crippen molar-refractivity contribution >= 4 is 34.8 Å². The second kappa shape index (κ2) is 8.20. The Morgan fingerprint density at radius 1 is 1.17 bits per heavy atom. The Morgan fingerprint density at radius 3 is 2.45 bits per heavy atom. The van der Waals surface area contributed by atoms with Crippen LogP contribution in [0, 0.1) is 11.3 Å². The van der Waals surface area contributed by atoms with Crippen molar-refractivity contribution < 1.29 is 9.53 Å². The number of nitrogens with zero attached hydrogens (tertiary/aromatic N) is 2. The van der Waals surface area contributed by atoms with E-state index in [1.54, 1.807) is 39.2 Å². The van der Waals surface area contributed by atoms with Gasteiger partial charge in [0, 0.05) is 32.9 Å².